The maximum Gasteiger partial charge on any atom is 0.160 e. The second kappa shape index (κ2) is 6.06. The number of para-hydroxylation sites is 1. The Morgan fingerprint density at radius 3 is 2.81 bits per heavy atom. The van der Waals surface area contributed by atoms with Crippen molar-refractivity contribution in [2.75, 3.05) is 20.3 Å². The standard InChI is InChI=1S/C17H18O4/c1-19-16-9-12-7-8-20-17(14(12)10-15(16)18)11-21-13-5-3-2-4-6-13/h2-6,9-10,17-18H,7-8,11H2,1H3. The molecule has 0 aromatic heterocycles. The zero-order valence-electron chi connectivity index (χ0n) is 11.9. The number of hydrogen-bond acceptors (Lipinski definition) is 4. The first-order valence-electron chi connectivity index (χ1n) is 6.97. The number of ether oxygens (including phenoxy) is 3. The summed E-state index contributed by atoms with van der Waals surface area (Å²) in [7, 11) is 1.55. The molecule has 0 spiro atoms. The number of aromatic hydroxyl groups is 1. The molecule has 0 fully saturated rings. The van der Waals surface area contributed by atoms with Gasteiger partial charge in [0.2, 0.25) is 0 Å². The zero-order valence-corrected chi connectivity index (χ0v) is 11.9. The van der Waals surface area contributed by atoms with Crippen molar-refractivity contribution in [3.05, 3.63) is 53.6 Å². The number of rotatable bonds is 4. The molecule has 1 heterocycles. The summed E-state index contributed by atoms with van der Waals surface area (Å²) in [4.78, 5) is 0. The molecule has 4 nitrogen and oxygen atoms in total. The van der Waals surface area contributed by atoms with E-state index in [2.05, 4.69) is 0 Å². The Labute approximate surface area is 123 Å². The lowest BCUT2D eigenvalue weighted by atomic mass is 9.97. The highest BCUT2D eigenvalue weighted by Gasteiger charge is 2.23. The number of phenols is 1. The molecule has 1 N–H and O–H groups in total. The summed E-state index contributed by atoms with van der Waals surface area (Å²) in [5.74, 6) is 1.44. The van der Waals surface area contributed by atoms with E-state index < -0.39 is 0 Å². The highest BCUT2D eigenvalue weighted by Crippen LogP contribution is 2.36. The van der Waals surface area contributed by atoms with E-state index in [1.165, 1.54) is 0 Å². The van der Waals surface area contributed by atoms with Crippen LogP contribution in [-0.2, 0) is 11.2 Å². The first kappa shape index (κ1) is 13.8. The van der Waals surface area contributed by atoms with Gasteiger partial charge in [0.15, 0.2) is 11.5 Å². The normalized spacial score (nSPS) is 17.1. The van der Waals surface area contributed by atoms with E-state index in [0.717, 1.165) is 23.3 Å². The van der Waals surface area contributed by atoms with Crippen LogP contribution in [-0.4, -0.2) is 25.4 Å². The van der Waals surface area contributed by atoms with E-state index in [1.54, 1.807) is 13.2 Å². The fourth-order valence-electron chi connectivity index (χ4n) is 2.53. The van der Waals surface area contributed by atoms with Crippen molar-refractivity contribution in [2.45, 2.75) is 12.5 Å². The van der Waals surface area contributed by atoms with Gasteiger partial charge in [-0.25, -0.2) is 0 Å². The lowest BCUT2D eigenvalue weighted by molar-refractivity contribution is 0.00996. The Hall–Kier alpha value is -2.20. The molecule has 1 unspecified atom stereocenters. The van der Waals surface area contributed by atoms with Crippen molar-refractivity contribution in [3.63, 3.8) is 0 Å². The second-order valence-corrected chi connectivity index (χ2v) is 4.96. The predicted molar refractivity (Wildman–Crippen MR) is 79.0 cm³/mol. The van der Waals surface area contributed by atoms with Crippen LogP contribution >= 0.6 is 0 Å². The molecule has 1 aliphatic rings. The van der Waals surface area contributed by atoms with Crippen LogP contribution in [0.25, 0.3) is 0 Å². The third-order valence-electron chi connectivity index (χ3n) is 3.62. The molecule has 21 heavy (non-hydrogen) atoms. The molecule has 0 aliphatic carbocycles. The molecule has 3 rings (SSSR count). The molecule has 2 aromatic carbocycles. The third-order valence-corrected chi connectivity index (χ3v) is 3.62. The summed E-state index contributed by atoms with van der Waals surface area (Å²) in [6.45, 7) is 1.06. The lowest BCUT2D eigenvalue weighted by Gasteiger charge is -2.26. The van der Waals surface area contributed by atoms with Crippen molar-refractivity contribution in [1.29, 1.82) is 0 Å². The Morgan fingerprint density at radius 2 is 2.05 bits per heavy atom. The largest absolute Gasteiger partial charge is 0.504 e. The zero-order chi connectivity index (χ0) is 14.7. The highest BCUT2D eigenvalue weighted by atomic mass is 16.5. The first-order chi connectivity index (χ1) is 10.3. The molecule has 0 amide bonds. The third kappa shape index (κ3) is 2.95. The van der Waals surface area contributed by atoms with E-state index in [4.69, 9.17) is 14.2 Å². The number of hydrogen-bond donors (Lipinski definition) is 1. The van der Waals surface area contributed by atoms with Crippen LogP contribution in [0.3, 0.4) is 0 Å². The minimum atomic E-state index is -0.175. The quantitative estimate of drug-likeness (QED) is 0.938. The number of phenolic OH excluding ortho intramolecular Hbond substituents is 1. The summed E-state index contributed by atoms with van der Waals surface area (Å²) in [6.07, 6.45) is 0.638. The Bertz CT molecular complexity index is 610. The topological polar surface area (TPSA) is 47.9 Å². The molecule has 0 bridgehead atoms. The summed E-state index contributed by atoms with van der Waals surface area (Å²) in [6, 6.07) is 13.2. The van der Waals surface area contributed by atoms with Gasteiger partial charge in [-0.2, -0.15) is 0 Å². The molecule has 1 aliphatic heterocycles. The van der Waals surface area contributed by atoms with E-state index >= 15 is 0 Å². The fourth-order valence-corrected chi connectivity index (χ4v) is 2.53. The minimum Gasteiger partial charge on any atom is -0.504 e. The molecule has 0 radical (unpaired) electrons. The van der Waals surface area contributed by atoms with Gasteiger partial charge < -0.3 is 19.3 Å². The van der Waals surface area contributed by atoms with Crippen LogP contribution in [0.5, 0.6) is 17.2 Å². The maximum atomic E-state index is 9.95. The smallest absolute Gasteiger partial charge is 0.160 e. The summed E-state index contributed by atoms with van der Waals surface area (Å²) in [5, 5.41) is 9.95. The number of methoxy groups -OCH3 is 1. The maximum absolute atomic E-state index is 9.95. The van der Waals surface area contributed by atoms with Crippen LogP contribution in [0.1, 0.15) is 17.2 Å². The number of benzene rings is 2. The Kier molecular flexibility index (Phi) is 3.97. The van der Waals surface area contributed by atoms with Crippen LogP contribution in [0.2, 0.25) is 0 Å². The van der Waals surface area contributed by atoms with Gasteiger partial charge in [0.1, 0.15) is 18.5 Å². The predicted octanol–water partition coefficient (Wildman–Crippen LogP) is 3.09. The Morgan fingerprint density at radius 1 is 1.24 bits per heavy atom. The van der Waals surface area contributed by atoms with Crippen LogP contribution in [0.15, 0.2) is 42.5 Å². The van der Waals surface area contributed by atoms with E-state index in [-0.39, 0.29) is 11.9 Å². The summed E-state index contributed by atoms with van der Waals surface area (Å²) < 4.78 is 16.7. The SMILES string of the molecule is COc1cc2c(cc1O)C(COc1ccccc1)OCC2. The van der Waals surface area contributed by atoms with Crippen molar-refractivity contribution < 1.29 is 19.3 Å². The summed E-state index contributed by atoms with van der Waals surface area (Å²) >= 11 is 0. The molecule has 2 aromatic rings. The number of fused-ring (bicyclic) bond motifs is 1. The molecule has 0 saturated carbocycles. The fraction of sp³-hybridized carbons (Fsp3) is 0.294. The minimum absolute atomic E-state index is 0.131. The van der Waals surface area contributed by atoms with Gasteiger partial charge in [0.25, 0.3) is 0 Å². The molecule has 0 saturated heterocycles. The average molecular weight is 286 g/mol. The van der Waals surface area contributed by atoms with Crippen molar-refractivity contribution in [3.8, 4) is 17.2 Å². The van der Waals surface area contributed by atoms with Gasteiger partial charge in [0.05, 0.1) is 13.7 Å². The van der Waals surface area contributed by atoms with Gasteiger partial charge in [-0.3, -0.25) is 0 Å². The molecule has 110 valence electrons. The molecular weight excluding hydrogens is 268 g/mol. The van der Waals surface area contributed by atoms with Crippen LogP contribution < -0.4 is 9.47 Å². The Balaban J connectivity index is 1.78. The van der Waals surface area contributed by atoms with Gasteiger partial charge in [-0.1, -0.05) is 18.2 Å². The first-order valence-corrected chi connectivity index (χ1v) is 6.97. The second-order valence-electron chi connectivity index (χ2n) is 4.96. The van der Waals surface area contributed by atoms with Gasteiger partial charge in [-0.15, -0.1) is 0 Å². The average Bonchev–Trinajstić information content (AvgIpc) is 2.53. The van der Waals surface area contributed by atoms with E-state index in [1.807, 2.05) is 36.4 Å². The van der Waals surface area contributed by atoms with Crippen molar-refractivity contribution >= 4 is 0 Å². The molecular formula is C17H18O4. The van der Waals surface area contributed by atoms with Gasteiger partial charge >= 0.3 is 0 Å². The molecule has 1 atom stereocenters. The van der Waals surface area contributed by atoms with Gasteiger partial charge in [0, 0.05) is 0 Å². The van der Waals surface area contributed by atoms with Crippen molar-refractivity contribution in [2.24, 2.45) is 0 Å². The molecule has 4 heteroatoms. The van der Waals surface area contributed by atoms with E-state index in [9.17, 15) is 5.11 Å². The van der Waals surface area contributed by atoms with Crippen molar-refractivity contribution in [1.82, 2.24) is 0 Å². The van der Waals surface area contributed by atoms with E-state index in [0.29, 0.717) is 19.0 Å². The van der Waals surface area contributed by atoms with Crippen LogP contribution in [0.4, 0.5) is 0 Å². The van der Waals surface area contributed by atoms with Gasteiger partial charge in [-0.05, 0) is 41.8 Å². The highest BCUT2D eigenvalue weighted by molar-refractivity contribution is 5.48. The lowest BCUT2D eigenvalue weighted by Crippen LogP contribution is -2.21. The summed E-state index contributed by atoms with van der Waals surface area (Å²) in [5.41, 5.74) is 2.10. The monoisotopic (exact) mass is 286 g/mol. The van der Waals surface area contributed by atoms with Crippen LogP contribution in [0, 0.1) is 0 Å².